The largest absolute Gasteiger partial charge is 0.352 e. The first-order chi connectivity index (χ1) is 21.5. The maximum Gasteiger partial charge on any atom is 0.264 e. The third-order valence-electron chi connectivity index (χ3n) is 7.47. The number of para-hydroxylation sites is 1. The second-order valence-electron chi connectivity index (χ2n) is 11.3. The molecule has 0 radical (unpaired) electrons. The van der Waals surface area contributed by atoms with Gasteiger partial charge in [-0.2, -0.15) is 0 Å². The molecular formula is C36H40BrN3O4S. The third kappa shape index (κ3) is 8.83. The van der Waals surface area contributed by atoms with Gasteiger partial charge in [-0.05, 0) is 74.2 Å². The molecule has 4 aromatic carbocycles. The molecule has 45 heavy (non-hydrogen) atoms. The van der Waals surface area contributed by atoms with Gasteiger partial charge in [0.2, 0.25) is 11.8 Å². The van der Waals surface area contributed by atoms with Crippen molar-refractivity contribution in [3.05, 3.63) is 130 Å². The van der Waals surface area contributed by atoms with Crippen molar-refractivity contribution in [2.75, 3.05) is 10.8 Å². The van der Waals surface area contributed by atoms with Crippen LogP contribution in [0.2, 0.25) is 0 Å². The SMILES string of the molecule is CCc1ccccc1N(CC(=O)N(Cc1cccc(Br)c1)[C@@H](Cc1ccccc1)C(=O)NC(C)C)S(=O)(=O)c1ccc(C)cc1. The van der Waals surface area contributed by atoms with Crippen molar-refractivity contribution in [1.29, 1.82) is 0 Å². The molecule has 0 aliphatic carbocycles. The van der Waals surface area contributed by atoms with Crippen LogP contribution < -0.4 is 9.62 Å². The van der Waals surface area contributed by atoms with Crippen molar-refractivity contribution in [1.82, 2.24) is 10.2 Å². The summed E-state index contributed by atoms with van der Waals surface area (Å²) in [4.78, 5) is 30.0. The predicted molar refractivity (Wildman–Crippen MR) is 183 cm³/mol. The zero-order chi connectivity index (χ0) is 32.6. The Morgan fingerprint density at radius 3 is 2.13 bits per heavy atom. The Hall–Kier alpha value is -3.95. The highest BCUT2D eigenvalue weighted by Crippen LogP contribution is 2.29. The number of hydrogen-bond acceptors (Lipinski definition) is 4. The average molecular weight is 691 g/mol. The van der Waals surface area contributed by atoms with Gasteiger partial charge in [-0.15, -0.1) is 0 Å². The molecule has 0 aliphatic rings. The van der Waals surface area contributed by atoms with Crippen molar-refractivity contribution in [3.8, 4) is 0 Å². The summed E-state index contributed by atoms with van der Waals surface area (Å²) in [5.41, 5.74) is 3.83. The van der Waals surface area contributed by atoms with Crippen molar-refractivity contribution in [3.63, 3.8) is 0 Å². The maximum absolute atomic E-state index is 14.6. The quantitative estimate of drug-likeness (QED) is 0.170. The van der Waals surface area contributed by atoms with Gasteiger partial charge in [0.05, 0.1) is 10.6 Å². The minimum Gasteiger partial charge on any atom is -0.352 e. The van der Waals surface area contributed by atoms with Gasteiger partial charge in [-0.1, -0.05) is 101 Å². The second kappa shape index (κ2) is 15.4. The van der Waals surface area contributed by atoms with Crippen LogP contribution in [0.25, 0.3) is 0 Å². The molecule has 1 N–H and O–H groups in total. The van der Waals surface area contributed by atoms with Gasteiger partial charge in [0.15, 0.2) is 0 Å². The summed E-state index contributed by atoms with van der Waals surface area (Å²) >= 11 is 3.52. The molecule has 1 atom stereocenters. The number of carbonyl (C=O) groups is 2. The summed E-state index contributed by atoms with van der Waals surface area (Å²) in [6.07, 6.45) is 0.828. The molecule has 0 aromatic heterocycles. The average Bonchev–Trinajstić information content (AvgIpc) is 3.01. The second-order valence-corrected chi connectivity index (χ2v) is 14.1. The molecule has 0 bridgehead atoms. The van der Waals surface area contributed by atoms with E-state index in [4.69, 9.17) is 0 Å². The lowest BCUT2D eigenvalue weighted by Gasteiger charge is -2.34. The van der Waals surface area contributed by atoms with Crippen LogP contribution in [0.3, 0.4) is 0 Å². The number of nitrogens with one attached hydrogen (secondary N) is 1. The lowest BCUT2D eigenvalue weighted by Crippen LogP contribution is -2.54. The fourth-order valence-corrected chi connectivity index (χ4v) is 7.07. The van der Waals surface area contributed by atoms with E-state index in [1.807, 2.05) is 94.4 Å². The molecular weight excluding hydrogens is 650 g/mol. The topological polar surface area (TPSA) is 86.8 Å². The number of rotatable bonds is 13. The van der Waals surface area contributed by atoms with E-state index in [1.165, 1.54) is 9.21 Å². The van der Waals surface area contributed by atoms with Crippen LogP contribution in [0.15, 0.2) is 112 Å². The van der Waals surface area contributed by atoms with E-state index in [0.717, 1.165) is 26.7 Å². The molecule has 0 aliphatic heterocycles. The number of benzene rings is 4. The first-order valence-electron chi connectivity index (χ1n) is 15.0. The predicted octanol–water partition coefficient (Wildman–Crippen LogP) is 6.68. The summed E-state index contributed by atoms with van der Waals surface area (Å²) < 4.78 is 30.6. The van der Waals surface area contributed by atoms with E-state index in [1.54, 1.807) is 36.4 Å². The zero-order valence-electron chi connectivity index (χ0n) is 26.1. The highest BCUT2D eigenvalue weighted by molar-refractivity contribution is 9.10. The van der Waals surface area contributed by atoms with Crippen LogP contribution >= 0.6 is 15.9 Å². The maximum atomic E-state index is 14.6. The Morgan fingerprint density at radius 1 is 0.844 bits per heavy atom. The Labute approximate surface area is 275 Å². The smallest absolute Gasteiger partial charge is 0.264 e. The highest BCUT2D eigenvalue weighted by Gasteiger charge is 2.35. The third-order valence-corrected chi connectivity index (χ3v) is 9.74. The van der Waals surface area contributed by atoms with Crippen LogP contribution in [0, 0.1) is 6.92 Å². The zero-order valence-corrected chi connectivity index (χ0v) is 28.5. The fourth-order valence-electron chi connectivity index (χ4n) is 5.17. The number of sulfonamides is 1. The molecule has 2 amide bonds. The van der Waals surface area contributed by atoms with Crippen LogP contribution in [0.5, 0.6) is 0 Å². The Morgan fingerprint density at radius 2 is 1.49 bits per heavy atom. The summed E-state index contributed by atoms with van der Waals surface area (Å²) in [5.74, 6) is -0.796. The van der Waals surface area contributed by atoms with Gasteiger partial charge in [-0.25, -0.2) is 8.42 Å². The summed E-state index contributed by atoms with van der Waals surface area (Å²) in [6.45, 7) is 7.20. The van der Waals surface area contributed by atoms with E-state index < -0.39 is 28.5 Å². The lowest BCUT2D eigenvalue weighted by molar-refractivity contribution is -0.140. The van der Waals surface area contributed by atoms with Crippen molar-refractivity contribution in [2.45, 2.75) is 64.1 Å². The number of halogens is 1. The van der Waals surface area contributed by atoms with Crippen molar-refractivity contribution in [2.24, 2.45) is 0 Å². The van der Waals surface area contributed by atoms with Crippen LogP contribution in [0.4, 0.5) is 5.69 Å². The van der Waals surface area contributed by atoms with E-state index in [-0.39, 0.29) is 29.8 Å². The van der Waals surface area contributed by atoms with Gasteiger partial charge < -0.3 is 10.2 Å². The van der Waals surface area contributed by atoms with E-state index in [2.05, 4.69) is 21.2 Å². The monoisotopic (exact) mass is 689 g/mol. The number of aryl methyl sites for hydroxylation is 2. The van der Waals surface area contributed by atoms with E-state index in [0.29, 0.717) is 12.1 Å². The minimum absolute atomic E-state index is 0.0868. The summed E-state index contributed by atoms with van der Waals surface area (Å²) in [5, 5.41) is 2.99. The first-order valence-corrected chi connectivity index (χ1v) is 17.3. The highest BCUT2D eigenvalue weighted by atomic mass is 79.9. The molecule has 9 heteroatoms. The standard InChI is InChI=1S/C36H40BrN3O4S/c1-5-30-15-9-10-17-33(30)40(45(43,44)32-20-18-27(4)19-21-32)25-35(41)39(24-29-14-11-16-31(37)22-29)34(36(42)38-26(2)3)23-28-12-7-6-8-13-28/h6-22,26,34H,5,23-25H2,1-4H3,(H,38,42)/t34-/m0/s1. The molecule has 0 saturated heterocycles. The minimum atomic E-state index is -4.16. The number of anilines is 1. The molecule has 0 unspecified atom stereocenters. The van der Waals surface area contributed by atoms with E-state index >= 15 is 0 Å². The van der Waals surface area contributed by atoms with Gasteiger partial charge in [0, 0.05) is 23.5 Å². The van der Waals surface area contributed by atoms with Crippen molar-refractivity contribution >= 4 is 43.5 Å². The summed E-state index contributed by atoms with van der Waals surface area (Å²) in [6, 6.07) is 29.8. The lowest BCUT2D eigenvalue weighted by atomic mass is 10.0. The molecule has 0 fully saturated rings. The molecule has 7 nitrogen and oxygen atoms in total. The fraction of sp³-hybridized carbons (Fsp3) is 0.278. The molecule has 0 saturated carbocycles. The number of amides is 2. The molecule has 0 heterocycles. The van der Waals surface area contributed by atoms with Gasteiger partial charge in [0.25, 0.3) is 10.0 Å². The summed E-state index contributed by atoms with van der Waals surface area (Å²) in [7, 11) is -4.16. The number of hydrogen-bond donors (Lipinski definition) is 1. The number of carbonyl (C=O) groups excluding carboxylic acids is 2. The van der Waals surface area contributed by atoms with Crippen LogP contribution in [-0.4, -0.2) is 43.8 Å². The van der Waals surface area contributed by atoms with Gasteiger partial charge in [-0.3, -0.25) is 13.9 Å². The molecule has 4 rings (SSSR count). The Bertz CT molecular complexity index is 1710. The molecule has 236 valence electrons. The number of nitrogens with zero attached hydrogens (tertiary/aromatic N) is 2. The molecule has 4 aromatic rings. The first kappa shape index (κ1) is 33.9. The van der Waals surface area contributed by atoms with Gasteiger partial charge in [0.1, 0.15) is 12.6 Å². The van der Waals surface area contributed by atoms with Crippen LogP contribution in [-0.2, 0) is 39.0 Å². The molecule has 0 spiro atoms. The Balaban J connectivity index is 1.83. The normalized spacial score (nSPS) is 12.0. The van der Waals surface area contributed by atoms with Crippen LogP contribution in [0.1, 0.15) is 43.0 Å². The van der Waals surface area contributed by atoms with Gasteiger partial charge >= 0.3 is 0 Å². The Kier molecular flexibility index (Phi) is 11.6. The van der Waals surface area contributed by atoms with Crippen molar-refractivity contribution < 1.29 is 18.0 Å². The van der Waals surface area contributed by atoms with E-state index in [9.17, 15) is 18.0 Å².